The van der Waals surface area contributed by atoms with Crippen molar-refractivity contribution in [2.75, 3.05) is 6.79 Å². The number of carbonyl (C=O) groups is 1. The SMILES string of the molecule is CC(Cl)C(=O)c1ccc2c(c1)OCO2. The van der Waals surface area contributed by atoms with E-state index >= 15 is 0 Å². The number of rotatable bonds is 2. The lowest BCUT2D eigenvalue weighted by atomic mass is 10.1. The average Bonchev–Trinajstić information content (AvgIpc) is 2.62. The Labute approximate surface area is 86.6 Å². The molecule has 0 fully saturated rings. The molecule has 1 aromatic rings. The fraction of sp³-hybridized carbons (Fsp3) is 0.300. The van der Waals surface area contributed by atoms with Crippen LogP contribution in [0.25, 0.3) is 0 Å². The number of Topliss-reactive ketones (excluding diaryl/α,β-unsaturated/α-hetero) is 1. The van der Waals surface area contributed by atoms with Crippen LogP contribution in [0.5, 0.6) is 11.5 Å². The molecule has 0 aromatic heterocycles. The van der Waals surface area contributed by atoms with Crippen LogP contribution in [0.4, 0.5) is 0 Å². The Morgan fingerprint density at radius 1 is 1.43 bits per heavy atom. The molecule has 1 aliphatic heterocycles. The summed E-state index contributed by atoms with van der Waals surface area (Å²) in [5.41, 5.74) is 0.553. The number of benzene rings is 1. The first-order valence-electron chi connectivity index (χ1n) is 4.26. The molecular weight excluding hydrogens is 204 g/mol. The minimum Gasteiger partial charge on any atom is -0.454 e. The molecule has 1 aliphatic rings. The van der Waals surface area contributed by atoms with Crippen LogP contribution in [0.3, 0.4) is 0 Å². The van der Waals surface area contributed by atoms with Crippen molar-refractivity contribution in [2.45, 2.75) is 12.3 Å². The van der Waals surface area contributed by atoms with Gasteiger partial charge in [-0.1, -0.05) is 0 Å². The lowest BCUT2D eigenvalue weighted by Crippen LogP contribution is -2.10. The Morgan fingerprint density at radius 2 is 2.14 bits per heavy atom. The van der Waals surface area contributed by atoms with Crippen LogP contribution in [0.2, 0.25) is 0 Å². The number of hydrogen-bond donors (Lipinski definition) is 0. The van der Waals surface area contributed by atoms with Gasteiger partial charge in [0.15, 0.2) is 17.3 Å². The number of carbonyl (C=O) groups excluding carboxylic acids is 1. The van der Waals surface area contributed by atoms with Gasteiger partial charge in [0.1, 0.15) is 0 Å². The highest BCUT2D eigenvalue weighted by molar-refractivity contribution is 6.33. The zero-order valence-electron chi connectivity index (χ0n) is 7.62. The molecule has 1 aromatic carbocycles. The molecule has 0 bridgehead atoms. The van der Waals surface area contributed by atoms with Gasteiger partial charge in [-0.3, -0.25) is 4.79 Å². The fourth-order valence-electron chi connectivity index (χ4n) is 1.28. The van der Waals surface area contributed by atoms with Gasteiger partial charge >= 0.3 is 0 Å². The van der Waals surface area contributed by atoms with Crippen LogP contribution in [0, 0.1) is 0 Å². The standard InChI is InChI=1S/C10H9ClO3/c1-6(11)10(12)7-2-3-8-9(4-7)14-5-13-8/h2-4,6H,5H2,1H3. The van der Waals surface area contributed by atoms with Crippen molar-refractivity contribution in [3.63, 3.8) is 0 Å². The summed E-state index contributed by atoms with van der Waals surface area (Å²) in [4.78, 5) is 11.5. The largest absolute Gasteiger partial charge is 0.454 e. The molecule has 3 nitrogen and oxygen atoms in total. The molecule has 1 atom stereocenters. The van der Waals surface area contributed by atoms with Gasteiger partial charge in [0.2, 0.25) is 6.79 Å². The van der Waals surface area contributed by atoms with Gasteiger partial charge < -0.3 is 9.47 Å². The van der Waals surface area contributed by atoms with Gasteiger partial charge in [0, 0.05) is 5.56 Å². The predicted molar refractivity (Wildman–Crippen MR) is 52.2 cm³/mol. The smallest absolute Gasteiger partial charge is 0.231 e. The minimum atomic E-state index is -0.518. The maximum absolute atomic E-state index is 11.5. The molecule has 0 radical (unpaired) electrons. The minimum absolute atomic E-state index is 0.107. The molecule has 0 saturated heterocycles. The summed E-state index contributed by atoms with van der Waals surface area (Å²) in [7, 11) is 0. The average molecular weight is 213 g/mol. The van der Waals surface area contributed by atoms with Gasteiger partial charge in [-0.05, 0) is 25.1 Å². The third kappa shape index (κ3) is 1.55. The molecule has 4 heteroatoms. The number of fused-ring (bicyclic) bond motifs is 1. The van der Waals surface area contributed by atoms with Gasteiger partial charge in [-0.15, -0.1) is 11.6 Å². The van der Waals surface area contributed by atoms with Crippen molar-refractivity contribution in [3.8, 4) is 11.5 Å². The Morgan fingerprint density at radius 3 is 2.86 bits per heavy atom. The lowest BCUT2D eigenvalue weighted by Gasteiger charge is -2.03. The van der Waals surface area contributed by atoms with Crippen molar-refractivity contribution in [1.82, 2.24) is 0 Å². The van der Waals surface area contributed by atoms with Crippen LogP contribution < -0.4 is 9.47 Å². The van der Waals surface area contributed by atoms with Crippen LogP contribution in [0.1, 0.15) is 17.3 Å². The maximum Gasteiger partial charge on any atom is 0.231 e. The van der Waals surface area contributed by atoms with Crippen LogP contribution >= 0.6 is 11.6 Å². The molecule has 0 amide bonds. The van der Waals surface area contributed by atoms with Gasteiger partial charge in [0.05, 0.1) is 5.38 Å². The normalized spacial score (nSPS) is 15.3. The second kappa shape index (κ2) is 3.50. The van der Waals surface area contributed by atoms with Crippen LogP contribution in [-0.4, -0.2) is 18.0 Å². The van der Waals surface area contributed by atoms with E-state index in [0.717, 1.165) is 0 Å². The van der Waals surface area contributed by atoms with E-state index in [1.807, 2.05) is 0 Å². The van der Waals surface area contributed by atoms with E-state index in [0.29, 0.717) is 17.1 Å². The number of alkyl halides is 1. The molecule has 2 rings (SSSR count). The van der Waals surface area contributed by atoms with Gasteiger partial charge in [-0.25, -0.2) is 0 Å². The first kappa shape index (κ1) is 9.34. The summed E-state index contributed by atoms with van der Waals surface area (Å²) in [5.74, 6) is 1.17. The van der Waals surface area contributed by atoms with Crippen molar-refractivity contribution < 1.29 is 14.3 Å². The monoisotopic (exact) mass is 212 g/mol. The van der Waals surface area contributed by atoms with Crippen molar-refractivity contribution in [2.24, 2.45) is 0 Å². The van der Waals surface area contributed by atoms with Crippen LogP contribution in [-0.2, 0) is 0 Å². The molecule has 14 heavy (non-hydrogen) atoms. The third-order valence-electron chi connectivity index (χ3n) is 2.02. The molecule has 0 N–H and O–H groups in total. The zero-order chi connectivity index (χ0) is 10.1. The highest BCUT2D eigenvalue weighted by atomic mass is 35.5. The van der Waals surface area contributed by atoms with E-state index in [1.54, 1.807) is 25.1 Å². The molecule has 1 heterocycles. The number of ketones is 1. The fourth-order valence-corrected chi connectivity index (χ4v) is 1.41. The molecule has 0 saturated carbocycles. The first-order chi connectivity index (χ1) is 6.68. The summed E-state index contributed by atoms with van der Waals surface area (Å²) in [6.07, 6.45) is 0. The number of hydrogen-bond acceptors (Lipinski definition) is 3. The Hall–Kier alpha value is -1.22. The van der Waals surface area contributed by atoms with Crippen LogP contribution in [0.15, 0.2) is 18.2 Å². The predicted octanol–water partition coefficient (Wildman–Crippen LogP) is 2.23. The highest BCUT2D eigenvalue weighted by Gasteiger charge is 2.18. The van der Waals surface area contributed by atoms with E-state index < -0.39 is 5.38 Å². The van der Waals surface area contributed by atoms with Crippen molar-refractivity contribution in [1.29, 1.82) is 0 Å². The molecule has 1 unspecified atom stereocenters. The lowest BCUT2D eigenvalue weighted by molar-refractivity contribution is 0.0991. The molecular formula is C10H9ClO3. The summed E-state index contributed by atoms with van der Waals surface area (Å²) in [5, 5.41) is -0.518. The van der Waals surface area contributed by atoms with E-state index in [9.17, 15) is 4.79 Å². The Balaban J connectivity index is 2.33. The maximum atomic E-state index is 11.5. The first-order valence-corrected chi connectivity index (χ1v) is 4.70. The Bertz CT molecular complexity index is 374. The summed E-state index contributed by atoms with van der Waals surface area (Å²) >= 11 is 5.69. The van der Waals surface area contributed by atoms with E-state index in [2.05, 4.69) is 0 Å². The second-order valence-electron chi connectivity index (χ2n) is 3.05. The summed E-state index contributed by atoms with van der Waals surface area (Å²) in [6.45, 7) is 1.86. The Kier molecular flexibility index (Phi) is 2.33. The number of ether oxygens (including phenoxy) is 2. The second-order valence-corrected chi connectivity index (χ2v) is 3.70. The molecule has 0 aliphatic carbocycles. The third-order valence-corrected chi connectivity index (χ3v) is 2.22. The van der Waals surface area contributed by atoms with E-state index in [4.69, 9.17) is 21.1 Å². The van der Waals surface area contributed by atoms with Gasteiger partial charge in [0.25, 0.3) is 0 Å². The number of halogens is 1. The van der Waals surface area contributed by atoms with E-state index in [1.165, 1.54) is 0 Å². The van der Waals surface area contributed by atoms with Crippen molar-refractivity contribution >= 4 is 17.4 Å². The van der Waals surface area contributed by atoms with Gasteiger partial charge in [-0.2, -0.15) is 0 Å². The molecule has 0 spiro atoms. The van der Waals surface area contributed by atoms with E-state index in [-0.39, 0.29) is 12.6 Å². The topological polar surface area (TPSA) is 35.5 Å². The highest BCUT2D eigenvalue weighted by Crippen LogP contribution is 2.32. The quantitative estimate of drug-likeness (QED) is 0.557. The van der Waals surface area contributed by atoms with Crippen molar-refractivity contribution in [3.05, 3.63) is 23.8 Å². The zero-order valence-corrected chi connectivity index (χ0v) is 8.38. The molecule has 74 valence electrons. The summed E-state index contributed by atoms with van der Waals surface area (Å²) in [6, 6.07) is 5.06. The summed E-state index contributed by atoms with van der Waals surface area (Å²) < 4.78 is 10.3.